The third-order valence-corrected chi connectivity index (χ3v) is 6.64. The summed E-state index contributed by atoms with van der Waals surface area (Å²) in [5.41, 5.74) is 2.21. The number of carbonyl (C=O) groups excluding carboxylic acids is 1. The molecule has 8 heteroatoms. The third kappa shape index (κ3) is 5.00. The number of rotatable bonds is 7. The van der Waals surface area contributed by atoms with Crippen molar-refractivity contribution in [3.63, 3.8) is 0 Å². The van der Waals surface area contributed by atoms with Crippen molar-refractivity contribution >= 4 is 57.6 Å². The second kappa shape index (κ2) is 10.3. The van der Waals surface area contributed by atoms with Gasteiger partial charge in [0.05, 0.1) is 24.8 Å². The predicted molar refractivity (Wildman–Crippen MR) is 137 cm³/mol. The third-order valence-electron chi connectivity index (χ3n) is 4.97. The van der Waals surface area contributed by atoms with Crippen molar-refractivity contribution in [2.45, 2.75) is 6.61 Å². The summed E-state index contributed by atoms with van der Waals surface area (Å²) in [6.07, 6.45) is 1.79. The lowest BCUT2D eigenvalue weighted by molar-refractivity contribution is -0.113. The Labute approximate surface area is 206 Å². The molecule has 1 aliphatic rings. The molecule has 33 heavy (non-hydrogen) atoms. The lowest BCUT2D eigenvalue weighted by Crippen LogP contribution is -2.27. The first-order valence-electron chi connectivity index (χ1n) is 9.97. The quantitative estimate of drug-likeness (QED) is 0.280. The normalized spacial score (nSPS) is 14.6. The summed E-state index contributed by atoms with van der Waals surface area (Å²) in [4.78, 5) is 15.2. The monoisotopic (exact) mass is 497 g/mol. The number of hydrogen-bond acceptors (Lipinski definition) is 6. The van der Waals surface area contributed by atoms with Gasteiger partial charge in [-0.1, -0.05) is 72.0 Å². The van der Waals surface area contributed by atoms with E-state index in [0.717, 1.165) is 11.1 Å². The van der Waals surface area contributed by atoms with E-state index in [1.807, 2.05) is 48.5 Å². The van der Waals surface area contributed by atoms with Crippen LogP contribution in [0.4, 0.5) is 5.69 Å². The van der Waals surface area contributed by atoms with Crippen LogP contribution in [0.1, 0.15) is 11.1 Å². The maximum atomic E-state index is 13.3. The first-order chi connectivity index (χ1) is 16.0. The van der Waals surface area contributed by atoms with Crippen LogP contribution in [0.3, 0.4) is 0 Å². The number of methoxy groups -OCH3 is 2. The van der Waals surface area contributed by atoms with Gasteiger partial charge in [0.1, 0.15) is 23.9 Å². The van der Waals surface area contributed by atoms with Crippen LogP contribution in [-0.2, 0) is 11.4 Å². The number of ether oxygens (including phenoxy) is 3. The molecule has 4 rings (SSSR count). The standard InChI is InChI=1S/C25H20ClNO4S2/c1-29-18-11-12-20(22(14-18)30-2)27-24(28)23(33-25(27)32)13-16-7-4-6-10-21(16)31-15-17-8-3-5-9-19(17)26/h3-14H,15H2,1-2H3/b23-13-. The van der Waals surface area contributed by atoms with Gasteiger partial charge in [0.2, 0.25) is 0 Å². The molecule has 1 amide bonds. The summed E-state index contributed by atoms with van der Waals surface area (Å²) < 4.78 is 17.1. The van der Waals surface area contributed by atoms with E-state index in [9.17, 15) is 4.79 Å². The van der Waals surface area contributed by atoms with Gasteiger partial charge in [-0.3, -0.25) is 9.69 Å². The molecule has 0 atom stereocenters. The van der Waals surface area contributed by atoms with Crippen molar-refractivity contribution in [3.05, 3.63) is 87.8 Å². The van der Waals surface area contributed by atoms with Crippen molar-refractivity contribution in [1.29, 1.82) is 0 Å². The molecule has 0 aliphatic carbocycles. The zero-order chi connectivity index (χ0) is 23.4. The van der Waals surface area contributed by atoms with Crippen LogP contribution in [0.25, 0.3) is 6.08 Å². The van der Waals surface area contributed by atoms with E-state index in [2.05, 4.69) is 0 Å². The van der Waals surface area contributed by atoms with Crippen LogP contribution in [0, 0.1) is 0 Å². The molecule has 5 nitrogen and oxygen atoms in total. The molecule has 168 valence electrons. The van der Waals surface area contributed by atoms with Crippen LogP contribution in [0.5, 0.6) is 17.2 Å². The number of thioether (sulfide) groups is 1. The number of hydrogen-bond donors (Lipinski definition) is 0. The zero-order valence-electron chi connectivity index (χ0n) is 17.9. The molecule has 3 aromatic carbocycles. The Morgan fingerprint density at radius 3 is 2.52 bits per heavy atom. The molecule has 0 spiro atoms. The topological polar surface area (TPSA) is 48.0 Å². The molecule has 3 aromatic rings. The van der Waals surface area contributed by atoms with Crippen LogP contribution in [0.2, 0.25) is 5.02 Å². The number of anilines is 1. The largest absolute Gasteiger partial charge is 0.497 e. The number of carbonyl (C=O) groups is 1. The number of halogens is 1. The molecule has 0 N–H and O–H groups in total. The Bertz CT molecular complexity index is 1240. The highest BCUT2D eigenvalue weighted by molar-refractivity contribution is 8.27. The van der Waals surface area contributed by atoms with Crippen molar-refractivity contribution in [1.82, 2.24) is 0 Å². The van der Waals surface area contributed by atoms with Crippen molar-refractivity contribution < 1.29 is 19.0 Å². The number of benzene rings is 3. The molecule has 0 saturated carbocycles. The predicted octanol–water partition coefficient (Wildman–Crippen LogP) is 6.34. The van der Waals surface area contributed by atoms with Gasteiger partial charge in [-0.15, -0.1) is 0 Å². The summed E-state index contributed by atoms with van der Waals surface area (Å²) in [6, 6.07) is 20.3. The summed E-state index contributed by atoms with van der Waals surface area (Å²) in [6.45, 7) is 0.314. The molecule has 1 saturated heterocycles. The van der Waals surface area contributed by atoms with Crippen LogP contribution >= 0.6 is 35.6 Å². The van der Waals surface area contributed by atoms with Crippen molar-refractivity contribution in [2.24, 2.45) is 0 Å². The van der Waals surface area contributed by atoms with Crippen LogP contribution in [-0.4, -0.2) is 24.4 Å². The molecular formula is C25H20ClNO4S2. The Balaban J connectivity index is 1.60. The van der Waals surface area contributed by atoms with Crippen LogP contribution < -0.4 is 19.1 Å². The Hall–Kier alpha value is -3.00. The molecule has 1 heterocycles. The summed E-state index contributed by atoms with van der Waals surface area (Å²) in [5, 5.41) is 0.643. The first kappa shape index (κ1) is 23.2. The van der Waals surface area contributed by atoms with Gasteiger partial charge in [0.15, 0.2) is 4.32 Å². The number of para-hydroxylation sites is 1. The van der Waals surface area contributed by atoms with Gasteiger partial charge in [-0.25, -0.2) is 0 Å². The highest BCUT2D eigenvalue weighted by atomic mass is 35.5. The minimum absolute atomic E-state index is 0.227. The second-order valence-electron chi connectivity index (χ2n) is 6.97. The summed E-state index contributed by atoms with van der Waals surface area (Å²) in [5.74, 6) is 1.54. The van der Waals surface area contributed by atoms with E-state index in [0.29, 0.717) is 43.8 Å². The van der Waals surface area contributed by atoms with E-state index < -0.39 is 0 Å². The lowest BCUT2D eigenvalue weighted by Gasteiger charge is -2.18. The number of amides is 1. The lowest BCUT2D eigenvalue weighted by atomic mass is 10.1. The highest BCUT2D eigenvalue weighted by Crippen LogP contribution is 2.41. The van der Waals surface area contributed by atoms with E-state index in [-0.39, 0.29) is 5.91 Å². The molecule has 0 aromatic heterocycles. The maximum absolute atomic E-state index is 13.3. The molecule has 1 fully saturated rings. The molecule has 0 unspecified atom stereocenters. The first-order valence-corrected chi connectivity index (χ1v) is 11.6. The SMILES string of the molecule is COc1ccc(N2C(=O)/C(=C/c3ccccc3OCc3ccccc3Cl)SC2=S)c(OC)c1. The fourth-order valence-electron chi connectivity index (χ4n) is 3.29. The highest BCUT2D eigenvalue weighted by Gasteiger charge is 2.35. The average molecular weight is 498 g/mol. The Kier molecular flexibility index (Phi) is 7.23. The van der Waals surface area contributed by atoms with Gasteiger partial charge < -0.3 is 14.2 Å². The number of thiocarbonyl (C=S) groups is 1. The minimum Gasteiger partial charge on any atom is -0.497 e. The van der Waals surface area contributed by atoms with Gasteiger partial charge in [0.25, 0.3) is 5.91 Å². The summed E-state index contributed by atoms with van der Waals surface area (Å²) >= 11 is 13.0. The molecule has 0 radical (unpaired) electrons. The van der Waals surface area contributed by atoms with Crippen molar-refractivity contribution in [3.8, 4) is 17.2 Å². The van der Waals surface area contributed by atoms with Gasteiger partial charge in [-0.2, -0.15) is 0 Å². The zero-order valence-corrected chi connectivity index (χ0v) is 20.3. The Morgan fingerprint density at radius 2 is 1.76 bits per heavy atom. The van der Waals surface area contributed by atoms with E-state index in [1.54, 1.807) is 38.5 Å². The van der Waals surface area contributed by atoms with Crippen molar-refractivity contribution in [2.75, 3.05) is 19.1 Å². The minimum atomic E-state index is -0.227. The van der Waals surface area contributed by atoms with E-state index in [4.69, 9.17) is 38.0 Å². The smallest absolute Gasteiger partial charge is 0.270 e. The average Bonchev–Trinajstić information content (AvgIpc) is 3.11. The van der Waals surface area contributed by atoms with E-state index >= 15 is 0 Å². The Morgan fingerprint density at radius 1 is 1.00 bits per heavy atom. The second-order valence-corrected chi connectivity index (χ2v) is 9.06. The molecule has 0 bridgehead atoms. The van der Waals surface area contributed by atoms with Gasteiger partial charge >= 0.3 is 0 Å². The maximum Gasteiger partial charge on any atom is 0.270 e. The van der Waals surface area contributed by atoms with Gasteiger partial charge in [-0.05, 0) is 30.3 Å². The van der Waals surface area contributed by atoms with E-state index in [1.165, 1.54) is 16.7 Å². The summed E-state index contributed by atoms with van der Waals surface area (Å²) in [7, 11) is 3.11. The number of nitrogens with zero attached hydrogens (tertiary/aromatic N) is 1. The van der Waals surface area contributed by atoms with Crippen LogP contribution in [0.15, 0.2) is 71.6 Å². The molecular weight excluding hydrogens is 478 g/mol. The van der Waals surface area contributed by atoms with Gasteiger partial charge in [0, 0.05) is 22.2 Å². The fraction of sp³-hybridized carbons (Fsp3) is 0.120. The molecule has 1 aliphatic heterocycles. The fourth-order valence-corrected chi connectivity index (χ4v) is 4.75.